The highest BCUT2D eigenvalue weighted by atomic mass is 79.9. The molecule has 23 heavy (non-hydrogen) atoms. The zero-order valence-corrected chi connectivity index (χ0v) is 15.2. The van der Waals surface area contributed by atoms with Gasteiger partial charge < -0.3 is 0 Å². The summed E-state index contributed by atoms with van der Waals surface area (Å²) in [5, 5.41) is 6.49. The van der Waals surface area contributed by atoms with Crippen molar-refractivity contribution in [3.8, 4) is 0 Å². The molecule has 0 radical (unpaired) electrons. The zero-order chi connectivity index (χ0) is 16.6. The van der Waals surface area contributed by atoms with Crippen LogP contribution in [0.4, 0.5) is 5.69 Å². The molecule has 6 heteroatoms. The minimum Gasteiger partial charge on any atom is -0.267 e. The van der Waals surface area contributed by atoms with Gasteiger partial charge in [-0.15, -0.1) is 0 Å². The van der Waals surface area contributed by atoms with E-state index < -0.39 is 0 Å². The highest BCUT2D eigenvalue weighted by Crippen LogP contribution is 2.30. The van der Waals surface area contributed by atoms with E-state index in [2.05, 4.69) is 21.0 Å². The third-order valence-corrected chi connectivity index (χ3v) is 4.66. The Hall–Kier alpha value is -1.62. The van der Waals surface area contributed by atoms with Gasteiger partial charge in [0, 0.05) is 4.47 Å². The van der Waals surface area contributed by atoms with Gasteiger partial charge in [0.1, 0.15) is 0 Å². The topological polar surface area (TPSA) is 32.7 Å². The van der Waals surface area contributed by atoms with Crippen molar-refractivity contribution >= 4 is 62.5 Å². The van der Waals surface area contributed by atoms with E-state index in [1.54, 1.807) is 25.1 Å². The van der Waals surface area contributed by atoms with E-state index in [1.807, 2.05) is 30.3 Å². The Morgan fingerprint density at radius 2 is 1.78 bits per heavy atom. The second-order valence-corrected chi connectivity index (χ2v) is 6.74. The summed E-state index contributed by atoms with van der Waals surface area (Å²) in [6, 6.07) is 12.7. The molecule has 1 heterocycles. The van der Waals surface area contributed by atoms with Gasteiger partial charge in [0.05, 0.1) is 27.0 Å². The molecule has 0 saturated heterocycles. The second-order valence-electron chi connectivity index (χ2n) is 5.01. The van der Waals surface area contributed by atoms with Crippen molar-refractivity contribution in [3.05, 3.63) is 68.1 Å². The predicted octanol–water partition coefficient (Wildman–Crippen LogP) is 5.56. The zero-order valence-electron chi connectivity index (χ0n) is 12.1. The van der Waals surface area contributed by atoms with E-state index in [0.717, 1.165) is 10.0 Å². The number of anilines is 1. The highest BCUT2D eigenvalue weighted by molar-refractivity contribution is 9.10. The van der Waals surface area contributed by atoms with Crippen LogP contribution >= 0.6 is 39.1 Å². The lowest BCUT2D eigenvalue weighted by molar-refractivity contribution is -0.114. The molecule has 1 aliphatic rings. The normalized spacial score (nSPS) is 16.2. The summed E-state index contributed by atoms with van der Waals surface area (Å²) in [5.41, 5.74) is 2.73. The fourth-order valence-electron chi connectivity index (χ4n) is 2.20. The first-order valence-electron chi connectivity index (χ1n) is 6.78. The van der Waals surface area contributed by atoms with Crippen LogP contribution in [0.5, 0.6) is 0 Å². The first kappa shape index (κ1) is 16.2. The predicted molar refractivity (Wildman–Crippen MR) is 99.2 cm³/mol. The molecule has 0 aliphatic carbocycles. The Labute approximate surface area is 152 Å². The molecular formula is C17H11BrCl2N2O. The first-order valence-corrected chi connectivity index (χ1v) is 8.33. The highest BCUT2D eigenvalue weighted by Gasteiger charge is 2.28. The van der Waals surface area contributed by atoms with Crippen molar-refractivity contribution in [1.82, 2.24) is 0 Å². The van der Waals surface area contributed by atoms with Gasteiger partial charge in [0.15, 0.2) is 0 Å². The third kappa shape index (κ3) is 3.34. The number of carbonyl (C=O) groups excluding carboxylic acids is 1. The maximum absolute atomic E-state index is 12.6. The molecular weight excluding hydrogens is 399 g/mol. The fraction of sp³-hybridized carbons (Fsp3) is 0.0588. The van der Waals surface area contributed by atoms with Gasteiger partial charge in [0.25, 0.3) is 5.91 Å². The maximum Gasteiger partial charge on any atom is 0.280 e. The molecule has 0 unspecified atom stereocenters. The summed E-state index contributed by atoms with van der Waals surface area (Å²) in [6.45, 7) is 1.81. The van der Waals surface area contributed by atoms with E-state index in [9.17, 15) is 4.79 Å². The van der Waals surface area contributed by atoms with E-state index >= 15 is 0 Å². The van der Waals surface area contributed by atoms with Crippen molar-refractivity contribution in [2.24, 2.45) is 5.10 Å². The van der Waals surface area contributed by atoms with Crippen molar-refractivity contribution in [2.45, 2.75) is 6.92 Å². The van der Waals surface area contributed by atoms with Gasteiger partial charge in [-0.3, -0.25) is 4.79 Å². The summed E-state index contributed by atoms with van der Waals surface area (Å²) >= 11 is 15.3. The van der Waals surface area contributed by atoms with Crippen LogP contribution in [-0.2, 0) is 4.79 Å². The number of amides is 1. The van der Waals surface area contributed by atoms with E-state index in [0.29, 0.717) is 27.0 Å². The first-order chi connectivity index (χ1) is 11.0. The van der Waals surface area contributed by atoms with Crippen molar-refractivity contribution in [3.63, 3.8) is 0 Å². The van der Waals surface area contributed by atoms with Crippen molar-refractivity contribution in [1.29, 1.82) is 0 Å². The van der Waals surface area contributed by atoms with Gasteiger partial charge in [-0.2, -0.15) is 10.1 Å². The lowest BCUT2D eigenvalue weighted by Crippen LogP contribution is -2.21. The molecule has 1 amide bonds. The molecule has 0 spiro atoms. The monoisotopic (exact) mass is 408 g/mol. The smallest absolute Gasteiger partial charge is 0.267 e. The molecule has 2 aromatic rings. The molecule has 0 atom stereocenters. The number of benzene rings is 2. The van der Waals surface area contributed by atoms with Gasteiger partial charge in [0.2, 0.25) is 0 Å². The van der Waals surface area contributed by atoms with Gasteiger partial charge in [-0.05, 0) is 48.9 Å². The summed E-state index contributed by atoms with van der Waals surface area (Å²) < 4.78 is 0.986. The minimum absolute atomic E-state index is 0.191. The number of hydrogen-bond donors (Lipinski definition) is 0. The molecule has 1 aliphatic heterocycles. The van der Waals surface area contributed by atoms with Crippen LogP contribution in [0.25, 0.3) is 6.08 Å². The number of halogens is 3. The quantitative estimate of drug-likeness (QED) is 0.597. The van der Waals surface area contributed by atoms with Crippen LogP contribution in [0.3, 0.4) is 0 Å². The average molecular weight is 410 g/mol. The van der Waals surface area contributed by atoms with Crippen molar-refractivity contribution < 1.29 is 4.79 Å². The van der Waals surface area contributed by atoms with Crippen LogP contribution in [0.1, 0.15) is 12.5 Å². The molecule has 116 valence electrons. The van der Waals surface area contributed by atoms with Gasteiger partial charge >= 0.3 is 0 Å². The van der Waals surface area contributed by atoms with E-state index in [1.165, 1.54) is 5.01 Å². The SMILES string of the molecule is CC1=NN(c2ccc(Cl)c(Cl)c2)C(=O)C1=Cc1ccc(Br)cc1. The number of nitrogens with zero attached hydrogens (tertiary/aromatic N) is 2. The van der Waals surface area contributed by atoms with E-state index in [-0.39, 0.29) is 5.91 Å². The number of carbonyl (C=O) groups is 1. The van der Waals surface area contributed by atoms with Gasteiger partial charge in [-0.25, -0.2) is 0 Å². The molecule has 0 saturated carbocycles. The molecule has 3 nitrogen and oxygen atoms in total. The van der Waals surface area contributed by atoms with Gasteiger partial charge in [-0.1, -0.05) is 51.3 Å². The van der Waals surface area contributed by atoms with Crippen LogP contribution in [0, 0.1) is 0 Å². The molecule has 0 fully saturated rings. The molecule has 2 aromatic carbocycles. The largest absolute Gasteiger partial charge is 0.280 e. The Kier molecular flexibility index (Phi) is 4.57. The lowest BCUT2D eigenvalue weighted by Gasteiger charge is -2.12. The fourth-order valence-corrected chi connectivity index (χ4v) is 2.76. The molecule has 3 rings (SSSR count). The van der Waals surface area contributed by atoms with Crippen LogP contribution in [0.15, 0.2) is 57.6 Å². The van der Waals surface area contributed by atoms with E-state index in [4.69, 9.17) is 23.2 Å². The number of hydrogen-bond acceptors (Lipinski definition) is 2. The lowest BCUT2D eigenvalue weighted by atomic mass is 10.1. The molecule has 0 N–H and O–H groups in total. The number of rotatable bonds is 2. The van der Waals surface area contributed by atoms with Crippen LogP contribution in [0.2, 0.25) is 10.0 Å². The summed E-state index contributed by atoms with van der Waals surface area (Å²) in [5.74, 6) is -0.191. The summed E-state index contributed by atoms with van der Waals surface area (Å²) in [7, 11) is 0. The average Bonchev–Trinajstić information content (AvgIpc) is 2.80. The Bertz CT molecular complexity index is 844. The van der Waals surface area contributed by atoms with Crippen LogP contribution in [-0.4, -0.2) is 11.6 Å². The van der Waals surface area contributed by atoms with Crippen LogP contribution < -0.4 is 5.01 Å². The maximum atomic E-state index is 12.6. The Morgan fingerprint density at radius 3 is 2.43 bits per heavy atom. The summed E-state index contributed by atoms with van der Waals surface area (Å²) in [4.78, 5) is 12.6. The number of hydrazone groups is 1. The Morgan fingerprint density at radius 1 is 1.09 bits per heavy atom. The minimum atomic E-state index is -0.191. The second kappa shape index (κ2) is 6.48. The third-order valence-electron chi connectivity index (χ3n) is 3.39. The molecule has 0 aromatic heterocycles. The molecule has 0 bridgehead atoms. The summed E-state index contributed by atoms with van der Waals surface area (Å²) in [6.07, 6.45) is 1.82. The Balaban J connectivity index is 1.94. The standard InChI is InChI=1S/C17H11BrCl2N2O/c1-10-14(8-11-2-4-12(18)5-3-11)17(23)22(21-10)13-6-7-15(19)16(20)9-13/h2-9H,1H3. The van der Waals surface area contributed by atoms with Crippen molar-refractivity contribution in [2.75, 3.05) is 5.01 Å².